The lowest BCUT2D eigenvalue weighted by Crippen LogP contribution is -2.52. The normalized spacial score (nSPS) is 31.1. The second-order valence-electron chi connectivity index (χ2n) is 14.2. The van der Waals surface area contributed by atoms with E-state index in [1.807, 2.05) is 37.2 Å². The van der Waals surface area contributed by atoms with Crippen LogP contribution in [0.25, 0.3) is 0 Å². The smallest absolute Gasteiger partial charge is 0.264 e. The number of aryl methyl sites for hydroxylation is 1. The molecule has 6 rings (SSSR count). The number of hydrogen-bond acceptors (Lipinski definition) is 7. The number of hydrogen-bond donors (Lipinski definition) is 2. The summed E-state index contributed by atoms with van der Waals surface area (Å²) in [6.07, 6.45) is 10.0. The number of nitrogens with one attached hydrogen (secondary N) is 1. The lowest BCUT2D eigenvalue weighted by Gasteiger charge is -2.47. The lowest BCUT2D eigenvalue weighted by molar-refractivity contribution is -0.00323. The number of carbonyl (C=O) groups excluding carboxylic acids is 1. The van der Waals surface area contributed by atoms with Crippen LogP contribution < -0.4 is 14.4 Å². The van der Waals surface area contributed by atoms with E-state index in [1.54, 1.807) is 25.1 Å². The van der Waals surface area contributed by atoms with Crippen LogP contribution in [0.4, 0.5) is 5.69 Å². The minimum absolute atomic E-state index is 0.0732. The molecular weight excluding hydrogens is 634 g/mol. The number of aliphatic hydroxyl groups is 1. The van der Waals surface area contributed by atoms with Gasteiger partial charge in [-0.05, 0) is 126 Å². The number of anilines is 1. The highest BCUT2D eigenvalue weighted by atomic mass is 35.5. The first kappa shape index (κ1) is 33.9. The van der Waals surface area contributed by atoms with Gasteiger partial charge in [-0.2, -0.15) is 0 Å². The number of fused-ring (bicyclic) bond motifs is 4. The van der Waals surface area contributed by atoms with E-state index in [1.165, 1.54) is 11.1 Å². The molecule has 10 heteroatoms. The van der Waals surface area contributed by atoms with Crippen molar-refractivity contribution >= 4 is 33.2 Å². The zero-order chi connectivity index (χ0) is 33.4. The van der Waals surface area contributed by atoms with E-state index in [-0.39, 0.29) is 22.8 Å². The van der Waals surface area contributed by atoms with Crippen molar-refractivity contribution in [3.8, 4) is 17.6 Å². The third kappa shape index (κ3) is 7.07. The van der Waals surface area contributed by atoms with E-state index >= 15 is 0 Å². The zero-order valence-electron chi connectivity index (χ0n) is 27.6. The van der Waals surface area contributed by atoms with Crippen LogP contribution in [0.2, 0.25) is 5.02 Å². The number of nitrogens with zero attached hydrogens (tertiary/aromatic N) is 2. The maximum absolute atomic E-state index is 13.4. The molecule has 0 unspecified atom stereocenters. The third-order valence-electron chi connectivity index (χ3n) is 10.5. The maximum atomic E-state index is 13.4. The number of rotatable bonds is 1. The molecular formula is C37H46ClN3O5S. The molecule has 0 aromatic heterocycles. The van der Waals surface area contributed by atoms with Crippen molar-refractivity contribution < 1.29 is 23.1 Å². The minimum Gasteiger partial charge on any atom is -0.490 e. The van der Waals surface area contributed by atoms with Gasteiger partial charge in [-0.25, -0.2) is 13.1 Å². The molecule has 1 saturated carbocycles. The molecule has 0 radical (unpaired) electrons. The van der Waals surface area contributed by atoms with Crippen LogP contribution in [0, 0.1) is 23.7 Å². The Kier molecular flexibility index (Phi) is 9.70. The molecule has 2 aliphatic heterocycles. The molecule has 5 atom stereocenters. The average molecular weight is 680 g/mol. The standard InChI is InChI=1S/C37H46ClN3O5S/c1-26-9-5-4-6-18-37(43,19-8-20-40(2)3)32-14-11-29(32)23-41-24-36(17-7-10-27-21-30(38)13-15-31(27)36)25-46-34-16-12-28(22-33(34)41)35(42)39-47(26,44)45/h6,12-13,15-16,18,21-22,26,29,32,43H,4-5,7,9-11,14,17,20,23-25H2,1-3H3,(H,39,42)/b18-6+/t26-,29+,32-,36+,37-/m1/s1. The van der Waals surface area contributed by atoms with E-state index in [0.717, 1.165) is 42.8 Å². The second-order valence-corrected chi connectivity index (χ2v) is 16.8. The van der Waals surface area contributed by atoms with Crippen molar-refractivity contribution in [2.45, 2.75) is 74.6 Å². The third-order valence-corrected chi connectivity index (χ3v) is 12.5. The number of amides is 1. The fourth-order valence-corrected chi connectivity index (χ4v) is 8.98. The Morgan fingerprint density at radius 3 is 2.74 bits per heavy atom. The molecule has 2 aromatic carbocycles. The highest BCUT2D eigenvalue weighted by molar-refractivity contribution is 7.90. The van der Waals surface area contributed by atoms with Crippen molar-refractivity contribution in [2.75, 3.05) is 45.2 Å². The molecule has 0 saturated heterocycles. The van der Waals surface area contributed by atoms with Gasteiger partial charge < -0.3 is 14.7 Å². The van der Waals surface area contributed by atoms with Crippen LogP contribution in [-0.4, -0.2) is 75.5 Å². The van der Waals surface area contributed by atoms with Gasteiger partial charge >= 0.3 is 0 Å². The number of carbonyl (C=O) groups is 1. The van der Waals surface area contributed by atoms with Crippen LogP contribution in [0.15, 0.2) is 48.6 Å². The monoisotopic (exact) mass is 679 g/mol. The van der Waals surface area contributed by atoms with Gasteiger partial charge in [-0.1, -0.05) is 35.6 Å². The van der Waals surface area contributed by atoms with Crippen LogP contribution in [0.3, 0.4) is 0 Å². The summed E-state index contributed by atoms with van der Waals surface area (Å²) in [5.41, 5.74) is 1.89. The number of halogens is 1. The van der Waals surface area contributed by atoms with Gasteiger partial charge in [0, 0.05) is 35.0 Å². The summed E-state index contributed by atoms with van der Waals surface area (Å²) in [5, 5.41) is 12.1. The zero-order valence-corrected chi connectivity index (χ0v) is 29.2. The highest BCUT2D eigenvalue weighted by Crippen LogP contribution is 2.48. The first-order valence-corrected chi connectivity index (χ1v) is 18.7. The van der Waals surface area contributed by atoms with Crippen molar-refractivity contribution in [3.05, 3.63) is 70.3 Å². The Morgan fingerprint density at radius 2 is 1.98 bits per heavy atom. The van der Waals surface area contributed by atoms with Crippen molar-refractivity contribution in [1.29, 1.82) is 0 Å². The van der Waals surface area contributed by atoms with Crippen LogP contribution in [-0.2, 0) is 21.9 Å². The molecule has 2 aromatic rings. The summed E-state index contributed by atoms with van der Waals surface area (Å²) < 4.78 is 35.2. The molecule has 8 nitrogen and oxygen atoms in total. The van der Waals surface area contributed by atoms with E-state index in [0.29, 0.717) is 51.3 Å². The summed E-state index contributed by atoms with van der Waals surface area (Å²) in [4.78, 5) is 17.7. The molecule has 2 bridgehead atoms. The Balaban J connectivity index is 1.43. The first-order valence-electron chi connectivity index (χ1n) is 16.8. The number of benzene rings is 2. The molecule has 2 aliphatic carbocycles. The predicted molar refractivity (Wildman–Crippen MR) is 187 cm³/mol. The largest absolute Gasteiger partial charge is 0.490 e. The first-order chi connectivity index (χ1) is 22.4. The second kappa shape index (κ2) is 13.5. The van der Waals surface area contributed by atoms with Crippen molar-refractivity contribution in [3.63, 3.8) is 0 Å². The van der Waals surface area contributed by atoms with Gasteiger partial charge in [-0.3, -0.25) is 9.69 Å². The summed E-state index contributed by atoms with van der Waals surface area (Å²) in [7, 11) is 0.0105. The molecule has 1 spiro atoms. The van der Waals surface area contributed by atoms with E-state index in [4.69, 9.17) is 16.3 Å². The molecule has 47 heavy (non-hydrogen) atoms. The van der Waals surface area contributed by atoms with Crippen molar-refractivity contribution in [2.24, 2.45) is 11.8 Å². The van der Waals surface area contributed by atoms with E-state index in [9.17, 15) is 18.3 Å². The Bertz CT molecular complexity index is 1720. The Hall–Kier alpha value is -3.03. The van der Waals surface area contributed by atoms with Crippen molar-refractivity contribution in [1.82, 2.24) is 9.62 Å². The van der Waals surface area contributed by atoms with Crippen LogP contribution >= 0.6 is 11.6 Å². The van der Waals surface area contributed by atoms with Gasteiger partial charge in [0.05, 0.1) is 24.1 Å². The highest BCUT2D eigenvalue weighted by Gasteiger charge is 2.47. The fourth-order valence-electron chi connectivity index (χ4n) is 7.73. The van der Waals surface area contributed by atoms with Crippen LogP contribution in [0.5, 0.6) is 5.75 Å². The number of sulfonamides is 1. The quantitative estimate of drug-likeness (QED) is 0.311. The minimum atomic E-state index is -3.90. The molecule has 1 amide bonds. The molecule has 1 fully saturated rings. The van der Waals surface area contributed by atoms with E-state index < -0.39 is 26.8 Å². The molecule has 252 valence electrons. The predicted octanol–water partition coefficient (Wildman–Crippen LogP) is 5.32. The summed E-state index contributed by atoms with van der Waals surface area (Å²) in [5.74, 6) is 6.49. The van der Waals surface area contributed by atoms with Gasteiger partial charge in [-0.15, -0.1) is 0 Å². The maximum Gasteiger partial charge on any atom is 0.264 e. The Labute approximate surface area is 284 Å². The van der Waals surface area contributed by atoms with Gasteiger partial charge in [0.1, 0.15) is 11.4 Å². The molecule has 2 N–H and O–H groups in total. The fraction of sp³-hybridized carbons (Fsp3) is 0.541. The SMILES string of the molecule is C[C@@H]1CCC/C=C/[C@@](O)(C#CCN(C)C)[C@@H]2CC[C@H]2CN2C[C@@]3(CCCc4cc(Cl)ccc43)COc3ccc(cc32)C(=O)NS1(=O)=O. The van der Waals surface area contributed by atoms with Crippen LogP contribution in [0.1, 0.15) is 73.4 Å². The summed E-state index contributed by atoms with van der Waals surface area (Å²) >= 11 is 6.43. The number of ether oxygens (including phenoxy) is 1. The number of allylic oxidation sites excluding steroid dienone is 1. The van der Waals surface area contributed by atoms with E-state index in [2.05, 4.69) is 33.6 Å². The summed E-state index contributed by atoms with van der Waals surface area (Å²) in [6, 6.07) is 11.4. The average Bonchev–Trinajstić information content (AvgIpc) is 3.15. The lowest BCUT2D eigenvalue weighted by atomic mass is 9.64. The topological polar surface area (TPSA) is 99.2 Å². The summed E-state index contributed by atoms with van der Waals surface area (Å²) in [6.45, 7) is 3.92. The van der Waals surface area contributed by atoms with Gasteiger partial charge in [0.15, 0.2) is 0 Å². The van der Waals surface area contributed by atoms with Gasteiger partial charge in [0.25, 0.3) is 5.91 Å². The van der Waals surface area contributed by atoms with Gasteiger partial charge in [0.2, 0.25) is 10.0 Å². The Morgan fingerprint density at radius 1 is 1.15 bits per heavy atom. The molecule has 4 aliphatic rings. The molecule has 2 heterocycles.